The Kier molecular flexibility index (Phi) is 4.52. The Morgan fingerprint density at radius 3 is 1.81 bits per heavy atom. The normalized spacial score (nSPS) is 10.9. The third kappa shape index (κ3) is 3.14. The molecule has 0 fully saturated rings. The van der Waals surface area contributed by atoms with Crippen molar-refractivity contribution in [1.29, 1.82) is 0 Å². The molecule has 0 atom stereocenters. The van der Waals surface area contributed by atoms with Crippen LogP contribution in [0.4, 0.5) is 0 Å². The summed E-state index contributed by atoms with van der Waals surface area (Å²) in [5.41, 5.74) is 1.69. The van der Waals surface area contributed by atoms with E-state index in [1.54, 1.807) is 48.5 Å². The van der Waals surface area contributed by atoms with Crippen molar-refractivity contribution in [2.24, 2.45) is 0 Å². The van der Waals surface area contributed by atoms with E-state index < -0.39 is 5.69 Å². The van der Waals surface area contributed by atoms with Crippen LogP contribution in [0, 0.1) is 0 Å². The lowest BCUT2D eigenvalue weighted by Crippen LogP contribution is -2.22. The largest absolute Gasteiger partial charge is 0.493 e. The minimum atomic E-state index is -0.420. The zero-order valence-electron chi connectivity index (χ0n) is 14.0. The van der Waals surface area contributed by atoms with Crippen LogP contribution in [0.1, 0.15) is 0 Å². The molecule has 0 aliphatic rings. The predicted molar refractivity (Wildman–Crippen MR) is 108 cm³/mol. The molecule has 1 aromatic heterocycles. The van der Waals surface area contributed by atoms with Crippen molar-refractivity contribution in [3.05, 3.63) is 99.4 Å². The van der Waals surface area contributed by atoms with Crippen LogP contribution < -0.4 is 5.69 Å². The summed E-state index contributed by atoms with van der Waals surface area (Å²) in [4.78, 5) is 13.3. The van der Waals surface area contributed by atoms with E-state index in [1.165, 1.54) is 9.13 Å². The van der Waals surface area contributed by atoms with Crippen molar-refractivity contribution in [3.63, 3.8) is 0 Å². The maximum absolute atomic E-state index is 13.3. The molecule has 0 aliphatic carbocycles. The summed E-state index contributed by atoms with van der Waals surface area (Å²) in [7, 11) is 0. The summed E-state index contributed by atoms with van der Waals surface area (Å²) >= 11 is 12.2. The molecule has 0 saturated heterocycles. The molecular weight excluding hydrogens is 383 g/mol. The van der Waals surface area contributed by atoms with Gasteiger partial charge in [-0.25, -0.2) is 9.36 Å². The SMILES string of the molecule is O=c1n(-c2cccc(Cl)c2)c(O)c(-c2ccccc2)n1-c1cccc(Cl)c1. The summed E-state index contributed by atoms with van der Waals surface area (Å²) in [6.45, 7) is 0. The van der Waals surface area contributed by atoms with E-state index in [4.69, 9.17) is 23.2 Å². The minimum Gasteiger partial charge on any atom is -0.493 e. The molecule has 0 spiro atoms. The van der Waals surface area contributed by atoms with Gasteiger partial charge in [-0.1, -0.05) is 65.7 Å². The summed E-state index contributed by atoms with van der Waals surface area (Å²) in [5, 5.41) is 11.9. The molecule has 134 valence electrons. The summed E-state index contributed by atoms with van der Waals surface area (Å²) in [6.07, 6.45) is 0. The molecule has 4 aromatic rings. The molecule has 0 saturated carbocycles. The van der Waals surface area contributed by atoms with Gasteiger partial charge in [-0.3, -0.25) is 4.57 Å². The van der Waals surface area contributed by atoms with Crippen LogP contribution in [-0.4, -0.2) is 14.2 Å². The van der Waals surface area contributed by atoms with E-state index >= 15 is 0 Å². The van der Waals surface area contributed by atoms with Crippen LogP contribution in [0.2, 0.25) is 10.0 Å². The number of aromatic nitrogens is 2. The number of hydrogen-bond donors (Lipinski definition) is 1. The predicted octanol–water partition coefficient (Wildman–Crippen LogP) is 5.31. The van der Waals surface area contributed by atoms with Crippen molar-refractivity contribution in [2.75, 3.05) is 0 Å². The second kappa shape index (κ2) is 6.99. The Hall–Kier alpha value is -2.95. The smallest absolute Gasteiger partial charge is 0.340 e. The van der Waals surface area contributed by atoms with Gasteiger partial charge >= 0.3 is 5.69 Å². The van der Waals surface area contributed by atoms with Crippen LogP contribution in [0.3, 0.4) is 0 Å². The number of halogens is 2. The van der Waals surface area contributed by atoms with Crippen molar-refractivity contribution >= 4 is 23.2 Å². The first-order valence-electron chi connectivity index (χ1n) is 8.20. The molecule has 6 heteroatoms. The van der Waals surface area contributed by atoms with E-state index in [9.17, 15) is 9.90 Å². The van der Waals surface area contributed by atoms with Crippen LogP contribution in [0.25, 0.3) is 22.6 Å². The monoisotopic (exact) mass is 396 g/mol. The highest BCUT2D eigenvalue weighted by atomic mass is 35.5. The number of aromatic hydroxyl groups is 1. The lowest BCUT2D eigenvalue weighted by molar-refractivity contribution is 0.443. The van der Waals surface area contributed by atoms with Gasteiger partial charge < -0.3 is 5.11 Å². The summed E-state index contributed by atoms with van der Waals surface area (Å²) < 4.78 is 2.67. The Labute approximate surface area is 165 Å². The van der Waals surface area contributed by atoms with Crippen LogP contribution in [0.5, 0.6) is 5.88 Å². The fourth-order valence-electron chi connectivity index (χ4n) is 3.05. The van der Waals surface area contributed by atoms with E-state index in [-0.39, 0.29) is 5.88 Å². The number of rotatable bonds is 3. The van der Waals surface area contributed by atoms with Gasteiger partial charge in [0.2, 0.25) is 5.88 Å². The van der Waals surface area contributed by atoms with Crippen molar-refractivity contribution in [1.82, 2.24) is 9.13 Å². The number of imidazole rings is 1. The van der Waals surface area contributed by atoms with E-state index in [0.717, 1.165) is 0 Å². The molecule has 27 heavy (non-hydrogen) atoms. The average molecular weight is 397 g/mol. The van der Waals surface area contributed by atoms with Gasteiger partial charge in [-0.05, 0) is 36.4 Å². The second-order valence-corrected chi connectivity index (χ2v) is 6.82. The number of hydrogen-bond acceptors (Lipinski definition) is 2. The Balaban J connectivity index is 2.08. The van der Waals surface area contributed by atoms with Gasteiger partial charge in [0, 0.05) is 15.6 Å². The zero-order chi connectivity index (χ0) is 19.0. The Morgan fingerprint density at radius 2 is 1.26 bits per heavy atom. The van der Waals surface area contributed by atoms with Gasteiger partial charge in [-0.2, -0.15) is 0 Å². The minimum absolute atomic E-state index is 0.173. The molecule has 1 N–H and O–H groups in total. The molecule has 4 rings (SSSR count). The van der Waals surface area contributed by atoms with Crippen molar-refractivity contribution < 1.29 is 5.11 Å². The fraction of sp³-hybridized carbons (Fsp3) is 0. The lowest BCUT2D eigenvalue weighted by Gasteiger charge is -2.08. The van der Waals surface area contributed by atoms with Gasteiger partial charge in [0.15, 0.2) is 0 Å². The maximum Gasteiger partial charge on any atom is 0.340 e. The number of benzene rings is 3. The van der Waals surface area contributed by atoms with Gasteiger partial charge in [0.1, 0.15) is 5.69 Å². The van der Waals surface area contributed by atoms with Crippen LogP contribution >= 0.6 is 23.2 Å². The summed E-state index contributed by atoms with van der Waals surface area (Å²) in [5.74, 6) is -0.173. The Morgan fingerprint density at radius 1 is 0.704 bits per heavy atom. The van der Waals surface area contributed by atoms with Crippen LogP contribution in [-0.2, 0) is 0 Å². The highest BCUT2D eigenvalue weighted by molar-refractivity contribution is 6.31. The molecule has 4 nitrogen and oxygen atoms in total. The molecule has 1 heterocycles. The molecule has 0 aliphatic heterocycles. The molecule has 3 aromatic carbocycles. The standard InChI is InChI=1S/C21H14Cl2N2O2/c22-15-8-4-10-17(12-15)24-19(14-6-2-1-3-7-14)20(26)25(21(24)27)18-11-5-9-16(23)13-18/h1-13,26H. The molecule has 0 amide bonds. The van der Waals surface area contributed by atoms with E-state index in [2.05, 4.69) is 0 Å². The lowest BCUT2D eigenvalue weighted by atomic mass is 10.1. The number of nitrogens with zero attached hydrogens (tertiary/aromatic N) is 2. The van der Waals surface area contributed by atoms with Crippen molar-refractivity contribution in [3.8, 4) is 28.5 Å². The van der Waals surface area contributed by atoms with E-state index in [1.807, 2.05) is 30.3 Å². The highest BCUT2D eigenvalue weighted by Crippen LogP contribution is 2.33. The van der Waals surface area contributed by atoms with Gasteiger partial charge in [0.05, 0.1) is 11.4 Å². The maximum atomic E-state index is 13.3. The fourth-order valence-corrected chi connectivity index (χ4v) is 3.42. The Bertz CT molecular complexity index is 1180. The average Bonchev–Trinajstić information content (AvgIpc) is 2.93. The first-order valence-corrected chi connectivity index (χ1v) is 8.96. The van der Waals surface area contributed by atoms with Crippen molar-refractivity contribution in [2.45, 2.75) is 0 Å². The second-order valence-electron chi connectivity index (χ2n) is 5.95. The van der Waals surface area contributed by atoms with Gasteiger partial charge in [0.25, 0.3) is 0 Å². The molecular formula is C21H14Cl2N2O2. The topological polar surface area (TPSA) is 47.2 Å². The highest BCUT2D eigenvalue weighted by Gasteiger charge is 2.23. The first-order chi connectivity index (χ1) is 13.1. The quantitative estimate of drug-likeness (QED) is 0.510. The van der Waals surface area contributed by atoms with Gasteiger partial charge in [-0.15, -0.1) is 0 Å². The molecule has 0 bridgehead atoms. The van der Waals surface area contributed by atoms with Crippen LogP contribution in [0.15, 0.2) is 83.7 Å². The third-order valence-corrected chi connectivity index (χ3v) is 4.68. The summed E-state index contributed by atoms with van der Waals surface area (Å²) in [6, 6.07) is 22.9. The molecule has 0 unspecified atom stereocenters. The zero-order valence-corrected chi connectivity index (χ0v) is 15.5. The third-order valence-electron chi connectivity index (χ3n) is 4.21. The molecule has 0 radical (unpaired) electrons. The van der Waals surface area contributed by atoms with E-state index in [0.29, 0.717) is 32.7 Å². The first kappa shape index (κ1) is 17.5.